The van der Waals surface area contributed by atoms with E-state index in [0.717, 1.165) is 11.0 Å². The van der Waals surface area contributed by atoms with Crippen molar-refractivity contribution in [1.82, 2.24) is 14.9 Å². The Hall–Kier alpha value is -4.48. The van der Waals surface area contributed by atoms with Gasteiger partial charge in [-0.3, -0.25) is 9.59 Å². The van der Waals surface area contributed by atoms with Gasteiger partial charge in [0.1, 0.15) is 17.9 Å². The third kappa shape index (κ3) is 4.25. The highest BCUT2D eigenvalue weighted by molar-refractivity contribution is 6.09. The number of aliphatic imine (C=N–C) groups is 1. The molecule has 0 spiro atoms. The molecule has 0 fully saturated rings. The van der Waals surface area contributed by atoms with Crippen LogP contribution >= 0.6 is 0 Å². The molecule has 1 atom stereocenters. The number of aromatic nitrogens is 2. The molecule has 3 aromatic rings. The fourth-order valence-corrected chi connectivity index (χ4v) is 3.86. The number of nitrogens with two attached hydrogens (primary N) is 1. The van der Waals surface area contributed by atoms with Crippen LogP contribution in [0.3, 0.4) is 0 Å². The maximum Gasteiger partial charge on any atom is 0.387 e. The minimum absolute atomic E-state index is 0.0938. The third-order valence-electron chi connectivity index (χ3n) is 5.45. The maximum absolute atomic E-state index is 14.8. The molecular formula is C23H18F3N5O4. The molecule has 1 unspecified atom stereocenters. The molecule has 0 radical (unpaired) electrons. The second-order valence-electron chi connectivity index (χ2n) is 7.49. The summed E-state index contributed by atoms with van der Waals surface area (Å²) in [6, 6.07) is 8.04. The average molecular weight is 485 g/mol. The lowest BCUT2D eigenvalue weighted by atomic mass is 9.81. The van der Waals surface area contributed by atoms with E-state index in [9.17, 15) is 22.8 Å². The number of rotatable bonds is 8. The summed E-state index contributed by atoms with van der Waals surface area (Å²) < 4.78 is 49.5. The van der Waals surface area contributed by atoms with Crippen molar-refractivity contribution in [3.05, 3.63) is 77.6 Å². The Labute approximate surface area is 197 Å². The Bertz CT molecular complexity index is 1310. The Morgan fingerprint density at radius 1 is 1.14 bits per heavy atom. The van der Waals surface area contributed by atoms with Gasteiger partial charge in [0, 0.05) is 23.5 Å². The first-order chi connectivity index (χ1) is 16.8. The van der Waals surface area contributed by atoms with Crippen LogP contribution < -0.4 is 10.5 Å². The van der Waals surface area contributed by atoms with Gasteiger partial charge in [0.2, 0.25) is 5.96 Å². The number of benzene rings is 2. The van der Waals surface area contributed by atoms with Crippen molar-refractivity contribution in [3.8, 4) is 16.9 Å². The zero-order valence-corrected chi connectivity index (χ0v) is 18.2. The second-order valence-corrected chi connectivity index (χ2v) is 7.49. The van der Waals surface area contributed by atoms with Gasteiger partial charge in [-0.15, -0.1) is 0 Å². The molecule has 35 heavy (non-hydrogen) atoms. The molecule has 2 aromatic carbocycles. The molecule has 0 aliphatic carbocycles. The highest BCUT2D eigenvalue weighted by atomic mass is 19.3. The molecule has 0 saturated heterocycles. The quantitative estimate of drug-likeness (QED) is 0.487. The van der Waals surface area contributed by atoms with Crippen LogP contribution in [0.15, 0.2) is 60.1 Å². The number of amides is 1. The van der Waals surface area contributed by atoms with Crippen molar-refractivity contribution in [2.24, 2.45) is 10.7 Å². The zero-order chi connectivity index (χ0) is 25.2. The number of guanidine groups is 1. The predicted molar refractivity (Wildman–Crippen MR) is 117 cm³/mol. The molecule has 2 heterocycles. The first-order valence-electron chi connectivity index (χ1n) is 10.1. The van der Waals surface area contributed by atoms with Gasteiger partial charge in [0.15, 0.2) is 12.3 Å². The van der Waals surface area contributed by atoms with E-state index in [1.807, 2.05) is 0 Å². The summed E-state index contributed by atoms with van der Waals surface area (Å²) >= 11 is 0. The van der Waals surface area contributed by atoms with Crippen LogP contribution in [-0.4, -0.2) is 46.5 Å². The average Bonchev–Trinajstić information content (AvgIpc) is 3.10. The Morgan fingerprint density at radius 3 is 2.49 bits per heavy atom. The number of carbonyl (C=O) groups excluding carboxylic acids is 2. The van der Waals surface area contributed by atoms with Crippen LogP contribution in [-0.2, 0) is 19.9 Å². The summed E-state index contributed by atoms with van der Waals surface area (Å²) in [4.78, 5) is 37.6. The molecule has 180 valence electrons. The van der Waals surface area contributed by atoms with Crippen molar-refractivity contribution in [2.75, 3.05) is 6.73 Å². The van der Waals surface area contributed by atoms with E-state index in [2.05, 4.69) is 19.7 Å². The summed E-state index contributed by atoms with van der Waals surface area (Å²) in [5.74, 6) is -1.64. The minimum Gasteiger partial charge on any atom is -0.446 e. The van der Waals surface area contributed by atoms with Crippen LogP contribution in [0.2, 0.25) is 0 Å². The van der Waals surface area contributed by atoms with Gasteiger partial charge in [-0.05, 0) is 47.9 Å². The Morgan fingerprint density at radius 2 is 1.83 bits per heavy atom. The highest BCUT2D eigenvalue weighted by Crippen LogP contribution is 2.42. The molecule has 0 bridgehead atoms. The summed E-state index contributed by atoms with van der Waals surface area (Å²) in [5, 5.41) is 0. The molecule has 1 aliphatic rings. The number of ether oxygens (including phenoxy) is 2. The van der Waals surface area contributed by atoms with E-state index in [4.69, 9.17) is 10.5 Å². The van der Waals surface area contributed by atoms with E-state index in [1.165, 1.54) is 56.0 Å². The van der Waals surface area contributed by atoms with Crippen molar-refractivity contribution >= 4 is 18.3 Å². The molecule has 12 heteroatoms. The smallest absolute Gasteiger partial charge is 0.387 e. The minimum atomic E-state index is -3.04. The number of hydrogen-bond acceptors (Lipinski definition) is 8. The van der Waals surface area contributed by atoms with Crippen LogP contribution in [0.5, 0.6) is 5.75 Å². The summed E-state index contributed by atoms with van der Waals surface area (Å²) in [5.41, 5.74) is 5.40. The summed E-state index contributed by atoms with van der Waals surface area (Å²) in [6.07, 6.45) is 4.09. The summed E-state index contributed by atoms with van der Waals surface area (Å²) in [6.45, 7) is -1.89. The molecule has 1 aromatic heterocycles. The molecule has 4 rings (SSSR count). The molecule has 1 amide bonds. The van der Waals surface area contributed by atoms with Crippen LogP contribution in [0.1, 0.15) is 16.7 Å². The van der Waals surface area contributed by atoms with E-state index in [0.29, 0.717) is 11.1 Å². The standard InChI is InChI=1S/C23H18F3N5O4/c1-13-6-15(3-5-19(13)35-21(25)26)23(20(33)31(11-34-12-32)22(27)30-23)16-2-4-18(24)17(7-16)14-8-28-10-29-9-14/h2-10,12,21H,11H2,1H3,(H2,27,30). The van der Waals surface area contributed by atoms with E-state index < -0.39 is 30.6 Å². The number of alkyl halides is 2. The fraction of sp³-hybridized carbons (Fsp3) is 0.174. The van der Waals surface area contributed by atoms with Crippen molar-refractivity contribution in [2.45, 2.75) is 19.1 Å². The Kier molecular flexibility index (Phi) is 6.36. The highest BCUT2D eigenvalue weighted by Gasteiger charge is 2.51. The van der Waals surface area contributed by atoms with E-state index in [-0.39, 0.29) is 34.9 Å². The molecule has 1 aliphatic heterocycles. The van der Waals surface area contributed by atoms with Gasteiger partial charge in [-0.25, -0.2) is 24.3 Å². The van der Waals surface area contributed by atoms with Crippen LogP contribution in [0.25, 0.3) is 11.1 Å². The third-order valence-corrected chi connectivity index (χ3v) is 5.45. The van der Waals surface area contributed by atoms with Crippen LogP contribution in [0.4, 0.5) is 13.2 Å². The zero-order valence-electron chi connectivity index (χ0n) is 18.2. The van der Waals surface area contributed by atoms with Crippen LogP contribution in [0, 0.1) is 12.7 Å². The van der Waals surface area contributed by atoms with Gasteiger partial charge < -0.3 is 15.2 Å². The van der Waals surface area contributed by atoms with E-state index in [1.54, 1.807) is 0 Å². The van der Waals surface area contributed by atoms with E-state index >= 15 is 0 Å². The lowest BCUT2D eigenvalue weighted by molar-refractivity contribution is -0.139. The number of nitrogens with zero attached hydrogens (tertiary/aromatic N) is 4. The van der Waals surface area contributed by atoms with Gasteiger partial charge in [0.25, 0.3) is 12.4 Å². The summed E-state index contributed by atoms with van der Waals surface area (Å²) in [7, 11) is 0. The molecular weight excluding hydrogens is 467 g/mol. The number of hydrogen-bond donors (Lipinski definition) is 1. The van der Waals surface area contributed by atoms with Gasteiger partial charge >= 0.3 is 6.61 Å². The van der Waals surface area contributed by atoms with Gasteiger partial charge in [-0.2, -0.15) is 8.78 Å². The maximum atomic E-state index is 14.8. The topological polar surface area (TPSA) is 120 Å². The SMILES string of the molecule is Cc1cc(C2(c3ccc(F)c(-c4cncnc4)c3)N=C(N)N(COC=O)C2=O)ccc1OC(F)F. The lowest BCUT2D eigenvalue weighted by Gasteiger charge is -2.28. The van der Waals surface area contributed by atoms with Crippen molar-refractivity contribution < 1.29 is 32.2 Å². The Balaban J connectivity index is 1.92. The normalized spacial score (nSPS) is 17.5. The predicted octanol–water partition coefficient (Wildman–Crippen LogP) is 2.72. The number of carbonyl (C=O) groups is 2. The molecule has 0 saturated carbocycles. The largest absolute Gasteiger partial charge is 0.446 e. The fourth-order valence-electron chi connectivity index (χ4n) is 3.86. The van der Waals surface area contributed by atoms with Crippen molar-refractivity contribution in [1.29, 1.82) is 0 Å². The molecule has 2 N–H and O–H groups in total. The van der Waals surface area contributed by atoms with Crippen molar-refractivity contribution in [3.63, 3.8) is 0 Å². The number of halogens is 3. The first kappa shape index (κ1) is 23.7. The van der Waals surface area contributed by atoms with Gasteiger partial charge in [0.05, 0.1) is 0 Å². The monoisotopic (exact) mass is 485 g/mol. The van der Waals surface area contributed by atoms with Gasteiger partial charge in [-0.1, -0.05) is 12.1 Å². The first-order valence-corrected chi connectivity index (χ1v) is 10.1. The lowest BCUT2D eigenvalue weighted by Crippen LogP contribution is -2.44. The molecule has 9 nitrogen and oxygen atoms in total. The second kappa shape index (κ2) is 9.41. The number of aryl methyl sites for hydroxylation is 1.